The molecule has 2 aromatic carbocycles. The van der Waals surface area contributed by atoms with Crippen LogP contribution in [0.4, 0.5) is 19.3 Å². The van der Waals surface area contributed by atoms with Gasteiger partial charge < -0.3 is 14.8 Å². The van der Waals surface area contributed by atoms with Crippen molar-refractivity contribution in [2.45, 2.75) is 45.4 Å². The molecule has 4 rings (SSSR count). The van der Waals surface area contributed by atoms with Crippen molar-refractivity contribution >= 4 is 19.8 Å². The first-order valence-corrected chi connectivity index (χ1v) is 15.7. The zero-order chi connectivity index (χ0) is 25.9. The molecule has 192 valence electrons. The van der Waals surface area contributed by atoms with Gasteiger partial charge >= 0.3 is 6.03 Å². The van der Waals surface area contributed by atoms with Crippen molar-refractivity contribution < 1.29 is 23.0 Å². The Balaban J connectivity index is 1.44. The van der Waals surface area contributed by atoms with Crippen LogP contribution in [0.2, 0.25) is 25.7 Å². The lowest BCUT2D eigenvalue weighted by molar-refractivity contribution is 0.0774. The van der Waals surface area contributed by atoms with Crippen LogP contribution in [-0.4, -0.2) is 44.1 Å². The van der Waals surface area contributed by atoms with Crippen LogP contribution in [-0.2, 0) is 24.4 Å². The number of ether oxygens (including phenoxy) is 2. The summed E-state index contributed by atoms with van der Waals surface area (Å²) in [4.78, 5) is 14.3. The lowest BCUT2D eigenvalue weighted by Gasteiger charge is -2.19. The highest BCUT2D eigenvalue weighted by molar-refractivity contribution is 6.76. The van der Waals surface area contributed by atoms with E-state index in [1.807, 2.05) is 24.3 Å². The minimum Gasteiger partial charge on any atom is -0.497 e. The Labute approximate surface area is 211 Å². The van der Waals surface area contributed by atoms with Gasteiger partial charge in [0, 0.05) is 39.5 Å². The van der Waals surface area contributed by atoms with Gasteiger partial charge in [0.15, 0.2) is 0 Å². The minimum atomic E-state index is -1.23. The van der Waals surface area contributed by atoms with Crippen LogP contribution in [0.3, 0.4) is 0 Å². The Morgan fingerprint density at radius 1 is 1.17 bits per heavy atom. The first-order valence-electron chi connectivity index (χ1n) is 12.0. The number of urea groups is 1. The molecule has 0 spiro atoms. The van der Waals surface area contributed by atoms with E-state index < -0.39 is 19.8 Å². The summed E-state index contributed by atoms with van der Waals surface area (Å²) in [7, 11) is 0.357. The molecular weight excluding hydrogens is 482 g/mol. The number of aromatic nitrogens is 2. The standard InChI is InChI=1S/C26H32F2N4O3Si/c1-34-20-7-5-6-18(12-20)15-29-26(33)32-9-8-19-13-21(23(27)14-24(19)32)22-16-31(30-25(22)28)17-35-10-11-36(2,3)4/h5-7,12-14,16H,8-11,15,17H2,1-4H3,(H,29,33). The molecule has 0 aliphatic carbocycles. The number of rotatable bonds is 9. The van der Waals surface area contributed by atoms with Crippen molar-refractivity contribution in [1.29, 1.82) is 0 Å². The summed E-state index contributed by atoms with van der Waals surface area (Å²) >= 11 is 0. The summed E-state index contributed by atoms with van der Waals surface area (Å²) in [6.07, 6.45) is 2.01. The first-order chi connectivity index (χ1) is 17.1. The van der Waals surface area contributed by atoms with Crippen LogP contribution < -0.4 is 15.0 Å². The smallest absolute Gasteiger partial charge is 0.322 e. The van der Waals surface area contributed by atoms with E-state index in [9.17, 15) is 9.18 Å². The van der Waals surface area contributed by atoms with Gasteiger partial charge in [0.25, 0.3) is 0 Å². The van der Waals surface area contributed by atoms with Gasteiger partial charge in [0.1, 0.15) is 18.3 Å². The van der Waals surface area contributed by atoms with Crippen LogP contribution in [0.15, 0.2) is 42.6 Å². The fourth-order valence-corrected chi connectivity index (χ4v) is 4.82. The van der Waals surface area contributed by atoms with E-state index in [4.69, 9.17) is 9.47 Å². The van der Waals surface area contributed by atoms with E-state index in [1.54, 1.807) is 13.2 Å². The van der Waals surface area contributed by atoms with Gasteiger partial charge in [-0.1, -0.05) is 31.8 Å². The lowest BCUT2D eigenvalue weighted by atomic mass is 10.0. The number of carbonyl (C=O) groups is 1. The average molecular weight is 515 g/mol. The molecule has 0 unspecified atom stereocenters. The molecule has 1 aliphatic heterocycles. The zero-order valence-corrected chi connectivity index (χ0v) is 22.1. The maximum atomic E-state index is 15.1. The monoisotopic (exact) mass is 514 g/mol. The van der Waals surface area contributed by atoms with Crippen LogP contribution in [0.25, 0.3) is 11.1 Å². The molecule has 0 saturated carbocycles. The number of fused-ring (bicyclic) bond motifs is 1. The number of hydrogen-bond acceptors (Lipinski definition) is 4. The SMILES string of the molecule is COc1cccc(CNC(=O)N2CCc3cc(-c4cn(COCC[Si](C)(C)C)nc4F)c(F)cc32)c1. The molecule has 0 saturated heterocycles. The molecule has 2 heterocycles. The van der Waals surface area contributed by atoms with Gasteiger partial charge in [0.2, 0.25) is 5.95 Å². The molecule has 0 fully saturated rings. The average Bonchev–Trinajstić information content (AvgIpc) is 3.42. The van der Waals surface area contributed by atoms with E-state index in [2.05, 4.69) is 30.1 Å². The van der Waals surface area contributed by atoms with E-state index in [0.717, 1.165) is 17.2 Å². The predicted octanol–water partition coefficient (Wildman–Crippen LogP) is 5.42. The Morgan fingerprint density at radius 2 is 1.97 bits per heavy atom. The number of halogens is 2. The van der Waals surface area contributed by atoms with Gasteiger partial charge in [-0.15, -0.1) is 5.10 Å². The summed E-state index contributed by atoms with van der Waals surface area (Å²) in [5.74, 6) is -0.663. The van der Waals surface area contributed by atoms with Gasteiger partial charge in [-0.3, -0.25) is 4.90 Å². The fourth-order valence-electron chi connectivity index (χ4n) is 4.07. The maximum absolute atomic E-state index is 15.1. The Bertz CT molecular complexity index is 1240. The van der Waals surface area contributed by atoms with Crippen molar-refractivity contribution in [2.75, 3.05) is 25.2 Å². The van der Waals surface area contributed by atoms with Crippen LogP contribution in [0.5, 0.6) is 5.75 Å². The van der Waals surface area contributed by atoms with E-state index >= 15 is 4.39 Å². The number of methoxy groups -OCH3 is 1. The van der Waals surface area contributed by atoms with Crippen molar-refractivity contribution in [2.24, 2.45) is 0 Å². The number of hydrogen-bond donors (Lipinski definition) is 1. The third kappa shape index (κ3) is 6.11. The molecular formula is C26H32F2N4O3Si. The zero-order valence-electron chi connectivity index (χ0n) is 21.1. The van der Waals surface area contributed by atoms with E-state index in [1.165, 1.54) is 21.8 Å². The van der Waals surface area contributed by atoms with Gasteiger partial charge in [-0.25, -0.2) is 13.9 Å². The Morgan fingerprint density at radius 3 is 2.72 bits per heavy atom. The second kappa shape index (κ2) is 10.8. The molecule has 0 atom stereocenters. The summed E-state index contributed by atoms with van der Waals surface area (Å²) in [6, 6.07) is 11.0. The molecule has 7 nitrogen and oxygen atoms in total. The van der Waals surface area contributed by atoms with Gasteiger partial charge in [-0.2, -0.15) is 4.39 Å². The number of benzene rings is 2. The van der Waals surface area contributed by atoms with E-state index in [0.29, 0.717) is 37.6 Å². The molecule has 1 N–H and O–H groups in total. The van der Waals surface area contributed by atoms with Crippen molar-refractivity contribution in [1.82, 2.24) is 15.1 Å². The lowest BCUT2D eigenvalue weighted by Crippen LogP contribution is -2.38. The van der Waals surface area contributed by atoms with Crippen molar-refractivity contribution in [3.63, 3.8) is 0 Å². The number of nitrogens with one attached hydrogen (secondary N) is 1. The van der Waals surface area contributed by atoms with Crippen LogP contribution in [0.1, 0.15) is 11.1 Å². The highest BCUT2D eigenvalue weighted by atomic mass is 28.3. The second-order valence-corrected chi connectivity index (χ2v) is 15.7. The maximum Gasteiger partial charge on any atom is 0.322 e. The molecule has 36 heavy (non-hydrogen) atoms. The quantitative estimate of drug-likeness (QED) is 0.306. The Kier molecular flexibility index (Phi) is 7.75. The topological polar surface area (TPSA) is 68.6 Å². The first kappa shape index (κ1) is 25.8. The fraction of sp³-hybridized carbons (Fsp3) is 0.385. The van der Waals surface area contributed by atoms with E-state index in [-0.39, 0.29) is 23.9 Å². The summed E-state index contributed by atoms with van der Waals surface area (Å²) in [6.45, 7) is 8.17. The highest BCUT2D eigenvalue weighted by Gasteiger charge is 2.28. The molecule has 10 heteroatoms. The number of amides is 2. The Hall–Kier alpha value is -3.24. The van der Waals surface area contributed by atoms with Crippen LogP contribution >= 0.6 is 0 Å². The highest BCUT2D eigenvalue weighted by Crippen LogP contribution is 2.35. The molecule has 1 aromatic heterocycles. The minimum absolute atomic E-state index is 0.0741. The number of carbonyl (C=O) groups excluding carboxylic acids is 1. The molecule has 0 radical (unpaired) electrons. The third-order valence-electron chi connectivity index (χ3n) is 6.11. The number of nitrogens with zero attached hydrogens (tertiary/aromatic N) is 3. The van der Waals surface area contributed by atoms with Gasteiger partial charge in [0.05, 0.1) is 18.4 Å². The summed E-state index contributed by atoms with van der Waals surface area (Å²) in [5, 5.41) is 6.72. The van der Waals surface area contributed by atoms with Crippen molar-refractivity contribution in [3.8, 4) is 16.9 Å². The normalized spacial score (nSPS) is 13.1. The largest absolute Gasteiger partial charge is 0.497 e. The molecule has 3 aromatic rings. The molecule has 2 amide bonds. The third-order valence-corrected chi connectivity index (χ3v) is 7.82. The molecule has 0 bridgehead atoms. The van der Waals surface area contributed by atoms with Gasteiger partial charge in [-0.05, 0) is 47.9 Å². The van der Waals surface area contributed by atoms with Crippen molar-refractivity contribution in [3.05, 3.63) is 65.5 Å². The van der Waals surface area contributed by atoms with Crippen LogP contribution in [0, 0.1) is 11.8 Å². The summed E-state index contributed by atoms with van der Waals surface area (Å²) < 4.78 is 41.9. The number of anilines is 1. The predicted molar refractivity (Wildman–Crippen MR) is 138 cm³/mol. The second-order valence-electron chi connectivity index (χ2n) is 10.1. The molecule has 1 aliphatic rings. The summed E-state index contributed by atoms with van der Waals surface area (Å²) in [5.41, 5.74) is 2.35.